The van der Waals surface area contributed by atoms with E-state index in [0.29, 0.717) is 11.3 Å². The molecule has 2 aromatic carbocycles. The summed E-state index contributed by atoms with van der Waals surface area (Å²) < 4.78 is 45.1. The average Bonchev–Trinajstić information content (AvgIpc) is 3.13. The summed E-state index contributed by atoms with van der Waals surface area (Å²) in [5.41, 5.74) is -1.17. The lowest BCUT2D eigenvalue weighted by molar-refractivity contribution is 0.0694. The molecule has 5 nitrogen and oxygen atoms in total. The van der Waals surface area contributed by atoms with Gasteiger partial charge in [-0.15, -0.1) is 0 Å². The number of hydrogen-bond donors (Lipinski definition) is 1. The molecule has 4 rings (SSSR count). The Morgan fingerprint density at radius 3 is 2.53 bits per heavy atom. The maximum absolute atomic E-state index is 14.8. The lowest BCUT2D eigenvalue weighted by Crippen LogP contribution is -2.20. The summed E-state index contributed by atoms with van der Waals surface area (Å²) in [4.78, 5) is 8.06. The molecular formula is C22H15F3N4O. The van der Waals surface area contributed by atoms with E-state index >= 15 is 0 Å². The molecule has 0 fully saturated rings. The van der Waals surface area contributed by atoms with Gasteiger partial charge in [0.25, 0.3) is 0 Å². The van der Waals surface area contributed by atoms with Crippen LogP contribution in [0.25, 0.3) is 28.0 Å². The highest BCUT2D eigenvalue weighted by Gasteiger charge is 2.26. The fourth-order valence-corrected chi connectivity index (χ4v) is 3.33. The smallest absolute Gasteiger partial charge is 0.190 e. The predicted octanol–water partition coefficient (Wildman–Crippen LogP) is 4.58. The molecule has 1 N–H and O–H groups in total. The molecule has 0 bridgehead atoms. The first kappa shape index (κ1) is 19.6. The second kappa shape index (κ2) is 6.97. The lowest BCUT2D eigenvalue weighted by atomic mass is 9.97. The van der Waals surface area contributed by atoms with Crippen LogP contribution >= 0.6 is 0 Å². The van der Waals surface area contributed by atoms with Crippen LogP contribution in [-0.4, -0.2) is 19.5 Å². The Morgan fingerprint density at radius 1 is 1.07 bits per heavy atom. The number of hydrogen-bond acceptors (Lipinski definition) is 4. The van der Waals surface area contributed by atoms with Crippen molar-refractivity contribution in [1.29, 1.82) is 5.26 Å². The zero-order valence-corrected chi connectivity index (χ0v) is 16.0. The second-order valence-electron chi connectivity index (χ2n) is 7.27. The number of fused-ring (bicyclic) bond motifs is 1. The van der Waals surface area contributed by atoms with Gasteiger partial charge in [0.1, 0.15) is 29.3 Å². The fraction of sp³-hybridized carbons (Fsp3) is 0.136. The van der Waals surface area contributed by atoms with Gasteiger partial charge in [-0.1, -0.05) is 6.07 Å². The summed E-state index contributed by atoms with van der Waals surface area (Å²) in [6.45, 7) is 2.82. The van der Waals surface area contributed by atoms with Gasteiger partial charge < -0.3 is 5.11 Å². The van der Waals surface area contributed by atoms with Crippen LogP contribution in [0.3, 0.4) is 0 Å². The van der Waals surface area contributed by atoms with Gasteiger partial charge in [-0.25, -0.2) is 23.1 Å². The molecule has 0 atom stereocenters. The van der Waals surface area contributed by atoms with Crippen molar-refractivity contribution in [3.63, 3.8) is 0 Å². The number of aromatic nitrogens is 3. The van der Waals surface area contributed by atoms with E-state index in [9.17, 15) is 23.5 Å². The van der Waals surface area contributed by atoms with Gasteiger partial charge in [0.05, 0.1) is 23.5 Å². The van der Waals surface area contributed by atoms with Gasteiger partial charge in [-0.05, 0) is 44.2 Å². The third-order valence-corrected chi connectivity index (χ3v) is 4.75. The van der Waals surface area contributed by atoms with E-state index in [4.69, 9.17) is 0 Å². The topological polar surface area (TPSA) is 74.2 Å². The molecule has 2 heterocycles. The van der Waals surface area contributed by atoms with Gasteiger partial charge >= 0.3 is 0 Å². The number of halogens is 3. The highest BCUT2D eigenvalue weighted by Crippen LogP contribution is 2.33. The van der Waals surface area contributed by atoms with Gasteiger partial charge in [0, 0.05) is 16.7 Å². The maximum Gasteiger partial charge on any atom is 0.190 e. The maximum atomic E-state index is 14.8. The molecule has 0 radical (unpaired) electrons. The van der Waals surface area contributed by atoms with E-state index in [1.54, 1.807) is 0 Å². The lowest BCUT2D eigenvalue weighted by Gasteiger charge is -2.17. The van der Waals surface area contributed by atoms with Gasteiger partial charge in [-0.2, -0.15) is 5.26 Å². The Morgan fingerprint density at radius 2 is 1.83 bits per heavy atom. The third kappa shape index (κ3) is 3.09. The highest BCUT2D eigenvalue weighted by molar-refractivity contribution is 5.77. The normalized spacial score (nSPS) is 11.6. The minimum absolute atomic E-state index is 0.00766. The molecule has 150 valence electrons. The number of benzene rings is 2. The molecule has 0 aliphatic heterocycles. The van der Waals surface area contributed by atoms with Crippen molar-refractivity contribution in [2.75, 3.05) is 0 Å². The Labute approximate surface area is 169 Å². The molecule has 0 unspecified atom stereocenters. The molecular weight excluding hydrogens is 393 g/mol. The van der Waals surface area contributed by atoms with Crippen LogP contribution < -0.4 is 0 Å². The molecule has 0 saturated heterocycles. The van der Waals surface area contributed by atoms with E-state index in [1.165, 1.54) is 55.0 Å². The first-order valence-corrected chi connectivity index (χ1v) is 8.95. The quantitative estimate of drug-likeness (QED) is 0.539. The summed E-state index contributed by atoms with van der Waals surface area (Å²) in [6, 6.07) is 9.75. The Balaban J connectivity index is 1.92. The second-order valence-corrected chi connectivity index (χ2v) is 7.27. The van der Waals surface area contributed by atoms with Crippen LogP contribution in [-0.2, 0) is 5.60 Å². The molecule has 0 aliphatic carbocycles. The van der Waals surface area contributed by atoms with Crippen LogP contribution in [0.1, 0.15) is 25.1 Å². The van der Waals surface area contributed by atoms with Crippen LogP contribution in [0.4, 0.5) is 13.2 Å². The van der Waals surface area contributed by atoms with Crippen LogP contribution in [0.15, 0.2) is 48.9 Å². The SMILES string of the molecule is CC(C)(O)c1ncn2c(-c3ccc(F)c(-c4c(F)cccc4C#N)c3)cnc2c1F. The largest absolute Gasteiger partial charge is 0.384 e. The van der Waals surface area contributed by atoms with E-state index in [-0.39, 0.29) is 28.0 Å². The Bertz CT molecular complexity index is 1330. The minimum atomic E-state index is -1.50. The average molecular weight is 408 g/mol. The number of imidazole rings is 1. The molecule has 4 aromatic rings. The molecule has 0 spiro atoms. The van der Waals surface area contributed by atoms with Crippen molar-refractivity contribution in [2.45, 2.75) is 19.4 Å². The first-order valence-electron chi connectivity index (χ1n) is 8.95. The Kier molecular flexibility index (Phi) is 4.56. The summed E-state index contributed by atoms with van der Waals surface area (Å²) in [7, 11) is 0. The standard InChI is InChI=1S/C22H15F3N4O/c1-22(2,30)20-19(25)21-27-10-17(29(21)11-28-20)12-6-7-15(23)14(8-12)18-13(9-26)4-3-5-16(18)24/h3-8,10-11,30H,1-2H3. The zero-order chi connectivity index (χ0) is 21.6. The van der Waals surface area contributed by atoms with E-state index in [2.05, 4.69) is 9.97 Å². The summed E-state index contributed by atoms with van der Waals surface area (Å²) in [5, 5.41) is 19.4. The van der Waals surface area contributed by atoms with E-state index < -0.39 is 23.1 Å². The summed E-state index contributed by atoms with van der Waals surface area (Å²) in [5.74, 6) is -2.21. The predicted molar refractivity (Wildman–Crippen MR) is 104 cm³/mol. The number of nitrogens with zero attached hydrogens (tertiary/aromatic N) is 4. The van der Waals surface area contributed by atoms with Crippen molar-refractivity contribution in [3.8, 4) is 28.5 Å². The van der Waals surface area contributed by atoms with Crippen molar-refractivity contribution in [3.05, 3.63) is 77.6 Å². The number of nitriles is 1. The first-order chi connectivity index (χ1) is 14.2. The summed E-state index contributed by atoms with van der Waals surface area (Å²) >= 11 is 0. The third-order valence-electron chi connectivity index (χ3n) is 4.75. The van der Waals surface area contributed by atoms with Crippen molar-refractivity contribution in [1.82, 2.24) is 14.4 Å². The van der Waals surface area contributed by atoms with E-state index in [1.807, 2.05) is 6.07 Å². The van der Waals surface area contributed by atoms with Crippen molar-refractivity contribution < 1.29 is 18.3 Å². The molecule has 30 heavy (non-hydrogen) atoms. The monoisotopic (exact) mass is 408 g/mol. The van der Waals surface area contributed by atoms with Crippen LogP contribution in [0.2, 0.25) is 0 Å². The number of aliphatic hydroxyl groups is 1. The van der Waals surface area contributed by atoms with Crippen LogP contribution in [0.5, 0.6) is 0 Å². The van der Waals surface area contributed by atoms with Crippen LogP contribution in [0, 0.1) is 28.8 Å². The molecule has 0 saturated carbocycles. The number of rotatable bonds is 3. The molecule has 2 aromatic heterocycles. The molecule has 8 heteroatoms. The van der Waals surface area contributed by atoms with Gasteiger partial charge in [-0.3, -0.25) is 4.40 Å². The Hall–Kier alpha value is -3.70. The summed E-state index contributed by atoms with van der Waals surface area (Å²) in [6.07, 6.45) is 2.68. The van der Waals surface area contributed by atoms with Crippen molar-refractivity contribution in [2.24, 2.45) is 0 Å². The minimum Gasteiger partial charge on any atom is -0.384 e. The zero-order valence-electron chi connectivity index (χ0n) is 16.0. The highest BCUT2D eigenvalue weighted by atomic mass is 19.1. The fourth-order valence-electron chi connectivity index (χ4n) is 3.33. The molecule has 0 aliphatic rings. The van der Waals surface area contributed by atoms with E-state index in [0.717, 1.165) is 12.1 Å². The van der Waals surface area contributed by atoms with Crippen molar-refractivity contribution >= 4 is 5.65 Å². The van der Waals surface area contributed by atoms with Gasteiger partial charge in [0.15, 0.2) is 11.5 Å². The molecule has 0 amide bonds. The van der Waals surface area contributed by atoms with Gasteiger partial charge in [0.2, 0.25) is 0 Å².